The zero-order chi connectivity index (χ0) is 22.5. The van der Waals surface area contributed by atoms with Crippen molar-refractivity contribution in [3.8, 4) is 6.19 Å². The average molecular weight is 454 g/mol. The number of amides is 2. The summed E-state index contributed by atoms with van der Waals surface area (Å²) in [7, 11) is 0. The van der Waals surface area contributed by atoms with E-state index >= 15 is 0 Å². The van der Waals surface area contributed by atoms with Gasteiger partial charge in [-0.05, 0) is 57.2 Å². The Balaban J connectivity index is 1.49. The number of hydrogen-bond donors (Lipinski definition) is 2. The van der Waals surface area contributed by atoms with Crippen LogP contribution in [0.1, 0.15) is 37.1 Å². The molecule has 32 heavy (non-hydrogen) atoms. The van der Waals surface area contributed by atoms with Gasteiger partial charge in [-0.15, -0.1) is 11.3 Å². The number of aliphatic imine (C=N–C) groups is 1. The number of aromatic nitrogens is 1. The maximum atomic E-state index is 13.2. The zero-order valence-electron chi connectivity index (χ0n) is 18.1. The number of anilines is 1. The Bertz CT molecular complexity index is 1070. The third-order valence-corrected chi connectivity index (χ3v) is 6.71. The van der Waals surface area contributed by atoms with E-state index < -0.39 is 6.04 Å². The molecule has 2 aromatic rings. The number of likely N-dealkylation sites (tertiary alicyclic amines) is 2. The molecule has 168 valence electrons. The van der Waals surface area contributed by atoms with E-state index in [-0.39, 0.29) is 24.3 Å². The van der Waals surface area contributed by atoms with Crippen molar-refractivity contribution in [3.05, 3.63) is 23.2 Å². The fourth-order valence-electron chi connectivity index (χ4n) is 4.15. The van der Waals surface area contributed by atoms with Crippen LogP contribution in [0.5, 0.6) is 0 Å². The normalized spacial score (nSPS) is 19.7. The summed E-state index contributed by atoms with van der Waals surface area (Å²) in [5, 5.41) is 15.8. The predicted molar refractivity (Wildman–Crippen MR) is 124 cm³/mol. The molecule has 4 rings (SSSR count). The van der Waals surface area contributed by atoms with Gasteiger partial charge < -0.3 is 15.1 Å². The van der Waals surface area contributed by atoms with Gasteiger partial charge in [0.25, 0.3) is 0 Å². The number of nitriles is 1. The number of fused-ring (bicyclic) bond motifs is 1. The van der Waals surface area contributed by atoms with Crippen LogP contribution < -0.4 is 10.6 Å². The highest BCUT2D eigenvalue weighted by molar-refractivity contribution is 7.18. The van der Waals surface area contributed by atoms with Crippen molar-refractivity contribution in [2.45, 2.75) is 45.1 Å². The first kappa shape index (κ1) is 22.0. The van der Waals surface area contributed by atoms with Gasteiger partial charge in [0.2, 0.25) is 17.8 Å². The summed E-state index contributed by atoms with van der Waals surface area (Å²) < 4.78 is 1.08. The van der Waals surface area contributed by atoms with E-state index in [1.54, 1.807) is 16.2 Å². The SMILES string of the molecule is Cc1nc2cc(NC(=NC3CCCCN(CC(=O)N4CCCC4)C3=O)NC#N)ccc2s1. The largest absolute Gasteiger partial charge is 0.341 e. The van der Waals surface area contributed by atoms with E-state index in [0.717, 1.165) is 59.7 Å². The van der Waals surface area contributed by atoms with Crippen molar-refractivity contribution in [2.75, 3.05) is 31.5 Å². The predicted octanol–water partition coefficient (Wildman–Crippen LogP) is 2.45. The molecule has 2 aliphatic rings. The Hall–Kier alpha value is -3.19. The molecular formula is C22H27N7O2S. The van der Waals surface area contributed by atoms with Gasteiger partial charge in [-0.2, -0.15) is 5.26 Å². The molecule has 2 aliphatic heterocycles. The zero-order valence-corrected chi connectivity index (χ0v) is 19.0. The van der Waals surface area contributed by atoms with Crippen LogP contribution in [-0.4, -0.2) is 64.8 Å². The van der Waals surface area contributed by atoms with Crippen LogP contribution in [0, 0.1) is 18.4 Å². The third-order valence-electron chi connectivity index (χ3n) is 5.75. The van der Waals surface area contributed by atoms with Gasteiger partial charge in [0.05, 0.1) is 21.8 Å². The standard InChI is InChI=1S/C22H27N7O2S/c1-15-25-18-12-16(7-8-19(18)32-15)26-22(24-14-23)27-17-6-2-3-11-29(21(17)31)13-20(30)28-9-4-5-10-28/h7-8,12,17H,2-6,9-11,13H2,1H3,(H2,24,26,27). The minimum Gasteiger partial charge on any atom is -0.341 e. The van der Waals surface area contributed by atoms with E-state index in [0.29, 0.717) is 13.0 Å². The van der Waals surface area contributed by atoms with Crippen molar-refractivity contribution < 1.29 is 9.59 Å². The summed E-state index contributed by atoms with van der Waals surface area (Å²) in [6.07, 6.45) is 6.17. The van der Waals surface area contributed by atoms with Crippen molar-refractivity contribution in [3.63, 3.8) is 0 Å². The van der Waals surface area contributed by atoms with Crippen LogP contribution in [0.3, 0.4) is 0 Å². The minimum atomic E-state index is -0.641. The number of thiazole rings is 1. The van der Waals surface area contributed by atoms with E-state index in [9.17, 15) is 14.9 Å². The number of guanidine groups is 1. The molecule has 1 aromatic heterocycles. The van der Waals surface area contributed by atoms with Crippen LogP contribution in [0.4, 0.5) is 5.69 Å². The number of carbonyl (C=O) groups is 2. The van der Waals surface area contributed by atoms with Crippen LogP contribution in [0.15, 0.2) is 23.2 Å². The first-order chi connectivity index (χ1) is 15.5. The van der Waals surface area contributed by atoms with E-state index in [1.807, 2.05) is 36.2 Å². The number of rotatable bonds is 4. The van der Waals surface area contributed by atoms with Gasteiger partial charge in [-0.25, -0.2) is 9.98 Å². The molecule has 1 unspecified atom stereocenters. The molecule has 2 saturated heterocycles. The molecule has 0 radical (unpaired) electrons. The number of aryl methyl sites for hydroxylation is 1. The molecule has 0 aliphatic carbocycles. The molecule has 0 bridgehead atoms. The fraction of sp³-hybridized carbons (Fsp3) is 0.500. The minimum absolute atomic E-state index is 0.000775. The van der Waals surface area contributed by atoms with Gasteiger partial charge in [0, 0.05) is 25.3 Å². The van der Waals surface area contributed by atoms with Crippen molar-refractivity contribution >= 4 is 45.0 Å². The van der Waals surface area contributed by atoms with Crippen molar-refractivity contribution in [2.24, 2.45) is 4.99 Å². The molecule has 2 fully saturated rings. The summed E-state index contributed by atoms with van der Waals surface area (Å²) in [4.78, 5) is 38.2. The summed E-state index contributed by atoms with van der Waals surface area (Å²) in [5.41, 5.74) is 1.59. The highest BCUT2D eigenvalue weighted by atomic mass is 32.1. The lowest BCUT2D eigenvalue weighted by molar-refractivity contribution is -0.140. The Kier molecular flexibility index (Phi) is 6.85. The van der Waals surface area contributed by atoms with Gasteiger partial charge in [0.1, 0.15) is 6.04 Å². The van der Waals surface area contributed by atoms with Crippen LogP contribution >= 0.6 is 11.3 Å². The number of carbonyl (C=O) groups excluding carboxylic acids is 2. The first-order valence-corrected chi connectivity index (χ1v) is 11.8. The second-order valence-electron chi connectivity index (χ2n) is 8.11. The molecule has 1 aromatic carbocycles. The monoisotopic (exact) mass is 453 g/mol. The van der Waals surface area contributed by atoms with Gasteiger partial charge in [0.15, 0.2) is 6.19 Å². The number of benzene rings is 1. The number of nitrogens with one attached hydrogen (secondary N) is 2. The molecule has 0 spiro atoms. The maximum absolute atomic E-state index is 13.2. The Morgan fingerprint density at radius 2 is 2.06 bits per heavy atom. The quantitative estimate of drug-likeness (QED) is 0.318. The number of nitrogens with zero attached hydrogens (tertiary/aromatic N) is 5. The first-order valence-electron chi connectivity index (χ1n) is 11.0. The average Bonchev–Trinajstić information content (AvgIpc) is 3.39. The molecule has 2 amide bonds. The number of hydrogen-bond acceptors (Lipinski definition) is 6. The van der Waals surface area contributed by atoms with E-state index in [4.69, 9.17) is 0 Å². The summed E-state index contributed by atoms with van der Waals surface area (Å²) >= 11 is 1.62. The molecular weight excluding hydrogens is 426 g/mol. The highest BCUT2D eigenvalue weighted by Gasteiger charge is 2.30. The van der Waals surface area contributed by atoms with E-state index in [1.165, 1.54) is 0 Å². The maximum Gasteiger partial charge on any atom is 0.247 e. The molecule has 3 heterocycles. The second kappa shape index (κ2) is 9.96. The highest BCUT2D eigenvalue weighted by Crippen LogP contribution is 2.24. The molecule has 1 atom stereocenters. The second-order valence-corrected chi connectivity index (χ2v) is 9.35. The van der Waals surface area contributed by atoms with Crippen LogP contribution in [0.25, 0.3) is 10.2 Å². The Morgan fingerprint density at radius 1 is 1.28 bits per heavy atom. The van der Waals surface area contributed by atoms with Crippen LogP contribution in [-0.2, 0) is 9.59 Å². The lowest BCUT2D eigenvalue weighted by Gasteiger charge is -2.25. The molecule has 10 heteroatoms. The fourth-order valence-corrected chi connectivity index (χ4v) is 4.96. The van der Waals surface area contributed by atoms with E-state index in [2.05, 4.69) is 20.6 Å². The summed E-state index contributed by atoms with van der Waals surface area (Å²) in [6.45, 7) is 4.15. The smallest absolute Gasteiger partial charge is 0.247 e. The van der Waals surface area contributed by atoms with Gasteiger partial charge in [-0.3, -0.25) is 14.9 Å². The lowest BCUT2D eigenvalue weighted by Crippen LogP contribution is -2.45. The van der Waals surface area contributed by atoms with Gasteiger partial charge >= 0.3 is 0 Å². The van der Waals surface area contributed by atoms with Crippen molar-refractivity contribution in [1.82, 2.24) is 20.1 Å². The summed E-state index contributed by atoms with van der Waals surface area (Å²) in [6, 6.07) is 5.11. The topological polar surface area (TPSA) is 114 Å². The van der Waals surface area contributed by atoms with Crippen molar-refractivity contribution in [1.29, 1.82) is 5.26 Å². The van der Waals surface area contributed by atoms with Crippen LogP contribution in [0.2, 0.25) is 0 Å². The van der Waals surface area contributed by atoms with Gasteiger partial charge in [-0.1, -0.05) is 0 Å². The third kappa shape index (κ3) is 5.16. The molecule has 0 saturated carbocycles. The Labute approximate surface area is 191 Å². The summed E-state index contributed by atoms with van der Waals surface area (Å²) in [5.74, 6) is 0.0466. The molecule has 2 N–H and O–H groups in total. The molecule has 9 nitrogen and oxygen atoms in total. The Morgan fingerprint density at radius 3 is 2.84 bits per heavy atom. The lowest BCUT2D eigenvalue weighted by atomic mass is 10.1.